The third kappa shape index (κ3) is 2.85. The van der Waals surface area contributed by atoms with Gasteiger partial charge in [-0.1, -0.05) is 48.7 Å². The van der Waals surface area contributed by atoms with Crippen LogP contribution in [0.4, 0.5) is 0 Å². The molecule has 6 nitrogen and oxygen atoms in total. The second-order valence-corrected chi connectivity index (χ2v) is 5.54. The van der Waals surface area contributed by atoms with E-state index >= 15 is 0 Å². The molecule has 2 rings (SSSR count). The van der Waals surface area contributed by atoms with Crippen LogP contribution in [0.3, 0.4) is 0 Å². The number of amides is 1. The van der Waals surface area contributed by atoms with Gasteiger partial charge < -0.3 is 10.4 Å². The molecule has 0 saturated carbocycles. The summed E-state index contributed by atoms with van der Waals surface area (Å²) in [5.41, 5.74) is -0.354. The van der Waals surface area contributed by atoms with E-state index in [0.29, 0.717) is 22.6 Å². The van der Waals surface area contributed by atoms with Crippen molar-refractivity contribution in [3.8, 4) is 0 Å². The third-order valence-electron chi connectivity index (χ3n) is 3.59. The fourth-order valence-corrected chi connectivity index (χ4v) is 2.92. The van der Waals surface area contributed by atoms with Gasteiger partial charge in [-0.3, -0.25) is 4.79 Å². The zero-order valence-electron chi connectivity index (χ0n) is 12.4. The zero-order valence-corrected chi connectivity index (χ0v) is 13.2. The molecule has 116 valence electrons. The van der Waals surface area contributed by atoms with Crippen molar-refractivity contribution >= 4 is 23.4 Å². The zero-order chi connectivity index (χ0) is 16.2. The van der Waals surface area contributed by atoms with E-state index in [1.54, 1.807) is 37.3 Å². The fraction of sp³-hybridized carbons (Fsp3) is 0.333. The van der Waals surface area contributed by atoms with Gasteiger partial charge in [-0.15, -0.1) is 5.10 Å². The first-order chi connectivity index (χ1) is 10.5. The number of aromatic nitrogens is 2. The largest absolute Gasteiger partial charge is 0.479 e. The second kappa shape index (κ2) is 6.65. The molecule has 2 N–H and O–H groups in total. The van der Waals surface area contributed by atoms with E-state index in [0.717, 1.165) is 11.5 Å². The summed E-state index contributed by atoms with van der Waals surface area (Å²) in [6, 6.07) is 8.70. The number of aryl methyl sites for hydroxylation is 1. The molecular weight excluding hydrogens is 302 g/mol. The molecular formula is C15H17N3O3S. The monoisotopic (exact) mass is 319 g/mol. The highest BCUT2D eigenvalue weighted by Gasteiger charge is 2.41. The molecule has 0 aliphatic heterocycles. The number of nitrogens with zero attached hydrogens (tertiary/aromatic N) is 2. The van der Waals surface area contributed by atoms with Crippen LogP contribution in [0.5, 0.6) is 0 Å². The van der Waals surface area contributed by atoms with Crippen LogP contribution in [0, 0.1) is 0 Å². The number of benzene rings is 1. The quantitative estimate of drug-likeness (QED) is 0.851. The van der Waals surface area contributed by atoms with Crippen LogP contribution in [0.1, 0.15) is 41.2 Å². The van der Waals surface area contributed by atoms with Crippen molar-refractivity contribution in [1.82, 2.24) is 14.9 Å². The van der Waals surface area contributed by atoms with E-state index in [9.17, 15) is 14.7 Å². The normalized spacial score (nSPS) is 13.4. The number of aliphatic carboxylic acids is 1. The molecule has 0 saturated heterocycles. The van der Waals surface area contributed by atoms with E-state index in [-0.39, 0.29) is 6.42 Å². The highest BCUT2D eigenvalue weighted by molar-refractivity contribution is 7.08. The maximum absolute atomic E-state index is 12.5. The lowest BCUT2D eigenvalue weighted by molar-refractivity contribution is -0.145. The van der Waals surface area contributed by atoms with Gasteiger partial charge in [-0.05, 0) is 29.9 Å². The minimum Gasteiger partial charge on any atom is -0.479 e. The van der Waals surface area contributed by atoms with Gasteiger partial charge in [-0.2, -0.15) is 0 Å². The van der Waals surface area contributed by atoms with Crippen molar-refractivity contribution < 1.29 is 14.7 Å². The number of rotatable bonds is 6. The lowest BCUT2D eigenvalue weighted by atomic mass is 9.87. The molecule has 0 aliphatic rings. The number of carboxylic acid groups (broad SMARTS) is 1. The summed E-state index contributed by atoms with van der Waals surface area (Å²) >= 11 is 0.974. The van der Waals surface area contributed by atoms with Gasteiger partial charge in [0, 0.05) is 0 Å². The number of nitrogens with one attached hydrogen (secondary N) is 1. The molecule has 1 amide bonds. The summed E-state index contributed by atoms with van der Waals surface area (Å²) < 4.78 is 3.77. The first-order valence-corrected chi connectivity index (χ1v) is 7.75. The fourth-order valence-electron chi connectivity index (χ4n) is 2.28. The van der Waals surface area contributed by atoms with Crippen LogP contribution in [0.2, 0.25) is 0 Å². The number of hydrogen-bond acceptors (Lipinski definition) is 5. The minimum atomic E-state index is -1.46. The van der Waals surface area contributed by atoms with Crippen LogP contribution in [-0.2, 0) is 16.8 Å². The number of carbonyl (C=O) groups excluding carboxylic acids is 1. The van der Waals surface area contributed by atoms with Crippen LogP contribution >= 0.6 is 11.5 Å². The topological polar surface area (TPSA) is 92.2 Å². The second-order valence-electron chi connectivity index (χ2n) is 4.79. The van der Waals surface area contributed by atoms with Gasteiger partial charge in [-0.25, -0.2) is 4.79 Å². The summed E-state index contributed by atoms with van der Waals surface area (Å²) in [5, 5.41) is 16.3. The SMILES string of the molecule is CCc1nnsc1C(=O)NC(CC)(C(=O)O)c1ccccc1. The van der Waals surface area contributed by atoms with Gasteiger partial charge in [0.1, 0.15) is 4.88 Å². The minimum absolute atomic E-state index is 0.228. The predicted molar refractivity (Wildman–Crippen MR) is 82.8 cm³/mol. The molecule has 0 radical (unpaired) electrons. The third-order valence-corrected chi connectivity index (χ3v) is 4.35. The van der Waals surface area contributed by atoms with E-state index in [2.05, 4.69) is 14.9 Å². The van der Waals surface area contributed by atoms with Gasteiger partial charge in [0.2, 0.25) is 0 Å². The summed E-state index contributed by atoms with van der Waals surface area (Å²) in [6.07, 6.45) is 0.794. The van der Waals surface area contributed by atoms with Crippen molar-refractivity contribution in [3.05, 3.63) is 46.5 Å². The van der Waals surface area contributed by atoms with Gasteiger partial charge in [0.15, 0.2) is 5.54 Å². The highest BCUT2D eigenvalue weighted by Crippen LogP contribution is 2.26. The Kier molecular flexibility index (Phi) is 4.87. The van der Waals surface area contributed by atoms with Crippen LogP contribution in [-0.4, -0.2) is 26.6 Å². The van der Waals surface area contributed by atoms with Gasteiger partial charge in [0.25, 0.3) is 5.91 Å². The Labute approximate surface area is 132 Å². The van der Waals surface area contributed by atoms with Crippen molar-refractivity contribution in [3.63, 3.8) is 0 Å². The van der Waals surface area contributed by atoms with E-state index in [1.165, 1.54) is 0 Å². The van der Waals surface area contributed by atoms with Crippen molar-refractivity contribution in [2.24, 2.45) is 0 Å². The Hall–Kier alpha value is -2.28. The molecule has 0 spiro atoms. The Bertz CT molecular complexity index is 672. The average molecular weight is 319 g/mol. The lowest BCUT2D eigenvalue weighted by Crippen LogP contribution is -2.51. The first kappa shape index (κ1) is 16.1. The molecule has 1 heterocycles. The molecule has 1 atom stereocenters. The highest BCUT2D eigenvalue weighted by atomic mass is 32.1. The Morgan fingerprint density at radius 2 is 1.95 bits per heavy atom. The molecule has 1 aromatic heterocycles. The van der Waals surface area contributed by atoms with Crippen LogP contribution < -0.4 is 5.32 Å². The summed E-state index contributed by atoms with van der Waals surface area (Å²) in [6.45, 7) is 3.60. The summed E-state index contributed by atoms with van der Waals surface area (Å²) in [7, 11) is 0. The Balaban J connectivity index is 2.40. The standard InChI is InChI=1S/C15H17N3O3S/c1-3-11-12(22-18-17-11)13(19)16-15(4-2,14(20)21)10-8-6-5-7-9-10/h5-9H,3-4H2,1-2H3,(H,16,19)(H,20,21). The number of carboxylic acids is 1. The maximum atomic E-state index is 12.5. The van der Waals surface area contributed by atoms with Crippen LogP contribution in [0.25, 0.3) is 0 Å². The Morgan fingerprint density at radius 1 is 1.27 bits per heavy atom. The van der Waals surface area contributed by atoms with Gasteiger partial charge in [0.05, 0.1) is 5.69 Å². The van der Waals surface area contributed by atoms with E-state index in [1.807, 2.05) is 6.92 Å². The van der Waals surface area contributed by atoms with E-state index < -0.39 is 17.4 Å². The molecule has 0 aliphatic carbocycles. The molecule has 2 aromatic rings. The Morgan fingerprint density at radius 3 is 2.50 bits per heavy atom. The molecule has 1 unspecified atom stereocenters. The first-order valence-electron chi connectivity index (χ1n) is 6.97. The van der Waals surface area contributed by atoms with Crippen molar-refractivity contribution in [2.45, 2.75) is 32.2 Å². The van der Waals surface area contributed by atoms with Gasteiger partial charge >= 0.3 is 5.97 Å². The predicted octanol–water partition coefficient (Wildman–Crippen LogP) is 2.22. The molecule has 1 aromatic carbocycles. The maximum Gasteiger partial charge on any atom is 0.334 e. The smallest absolute Gasteiger partial charge is 0.334 e. The molecule has 7 heteroatoms. The summed E-state index contributed by atoms with van der Waals surface area (Å²) in [4.78, 5) is 24.7. The summed E-state index contributed by atoms with van der Waals surface area (Å²) in [5.74, 6) is -1.55. The number of carbonyl (C=O) groups is 2. The van der Waals surface area contributed by atoms with Crippen molar-refractivity contribution in [2.75, 3.05) is 0 Å². The molecule has 0 bridgehead atoms. The van der Waals surface area contributed by atoms with E-state index in [4.69, 9.17) is 0 Å². The van der Waals surface area contributed by atoms with Crippen molar-refractivity contribution in [1.29, 1.82) is 0 Å². The molecule has 22 heavy (non-hydrogen) atoms. The van der Waals surface area contributed by atoms with Crippen LogP contribution in [0.15, 0.2) is 30.3 Å². The lowest BCUT2D eigenvalue weighted by Gasteiger charge is -2.29. The average Bonchev–Trinajstić information content (AvgIpc) is 3.01. The molecule has 0 fully saturated rings. The number of hydrogen-bond donors (Lipinski definition) is 2.